The number of methoxy groups -OCH3 is 1. The van der Waals surface area contributed by atoms with E-state index in [9.17, 15) is 10.1 Å². The van der Waals surface area contributed by atoms with Crippen molar-refractivity contribution in [2.75, 3.05) is 30.9 Å². The maximum absolute atomic E-state index is 11.6. The van der Waals surface area contributed by atoms with Gasteiger partial charge in [-0.05, 0) is 25.0 Å². The highest BCUT2D eigenvalue weighted by Crippen LogP contribution is 2.34. The highest BCUT2D eigenvalue weighted by Gasteiger charge is 2.25. The molecule has 3 rings (SSSR count). The Labute approximate surface area is 144 Å². The maximum atomic E-state index is 11.6. The van der Waals surface area contributed by atoms with Gasteiger partial charge in [0.15, 0.2) is 0 Å². The van der Waals surface area contributed by atoms with Crippen LogP contribution in [-0.2, 0) is 4.74 Å². The van der Waals surface area contributed by atoms with Crippen LogP contribution in [0.5, 0.6) is 5.75 Å². The lowest BCUT2D eigenvalue weighted by Gasteiger charge is -2.13. The molecule has 1 atom stereocenters. The zero-order chi connectivity index (χ0) is 17.6. The molecular weight excluding hydrogens is 326 g/mol. The van der Waals surface area contributed by atoms with Gasteiger partial charge in [-0.25, -0.2) is 9.97 Å². The molecule has 1 aliphatic heterocycles. The molecule has 1 aromatic carbocycles. The number of ether oxygens (including phenoxy) is 2. The van der Waals surface area contributed by atoms with E-state index in [2.05, 4.69) is 20.6 Å². The second-order valence-corrected chi connectivity index (χ2v) is 5.52. The standard InChI is InChI=1S/C16H19N5O4/c1-24-13-7-3-2-6-12(13)20-16-14(21(22)23)15(18-10-19-16)17-9-11-5-4-8-25-11/h2-3,6-7,10-11H,4-5,8-9H2,1H3,(H2,17,18,19,20). The van der Waals surface area contributed by atoms with Crippen LogP contribution in [-0.4, -0.2) is 41.3 Å². The number of benzene rings is 1. The third kappa shape index (κ3) is 3.94. The van der Waals surface area contributed by atoms with E-state index in [0.717, 1.165) is 19.4 Å². The third-order valence-corrected chi connectivity index (χ3v) is 3.89. The number of hydrogen-bond donors (Lipinski definition) is 2. The van der Waals surface area contributed by atoms with E-state index < -0.39 is 4.92 Å². The Bertz CT molecular complexity index is 749. The highest BCUT2D eigenvalue weighted by atomic mass is 16.6. The van der Waals surface area contributed by atoms with Crippen molar-refractivity contribution in [2.24, 2.45) is 0 Å². The van der Waals surface area contributed by atoms with Gasteiger partial charge in [0.25, 0.3) is 0 Å². The van der Waals surface area contributed by atoms with Gasteiger partial charge in [-0.1, -0.05) is 12.1 Å². The first-order valence-corrected chi connectivity index (χ1v) is 7.94. The molecule has 2 aromatic rings. The van der Waals surface area contributed by atoms with Crippen LogP contribution in [0.25, 0.3) is 0 Å². The number of nitrogens with zero attached hydrogens (tertiary/aromatic N) is 3. The Morgan fingerprint density at radius 2 is 2.16 bits per heavy atom. The van der Waals surface area contributed by atoms with E-state index in [4.69, 9.17) is 9.47 Å². The average molecular weight is 345 g/mol. The molecule has 2 heterocycles. The molecule has 0 bridgehead atoms. The summed E-state index contributed by atoms with van der Waals surface area (Å²) in [7, 11) is 1.53. The van der Waals surface area contributed by atoms with Gasteiger partial charge < -0.3 is 20.1 Å². The Balaban J connectivity index is 1.85. The highest BCUT2D eigenvalue weighted by molar-refractivity contribution is 5.75. The molecule has 2 N–H and O–H groups in total. The van der Waals surface area contributed by atoms with Gasteiger partial charge in [-0.15, -0.1) is 0 Å². The van der Waals surface area contributed by atoms with Crippen molar-refractivity contribution in [1.29, 1.82) is 0 Å². The molecule has 0 aliphatic carbocycles. The van der Waals surface area contributed by atoms with Gasteiger partial charge in [0.05, 0.1) is 23.8 Å². The van der Waals surface area contributed by atoms with Crippen LogP contribution in [0.1, 0.15) is 12.8 Å². The van der Waals surface area contributed by atoms with E-state index in [1.54, 1.807) is 18.2 Å². The molecule has 1 unspecified atom stereocenters. The van der Waals surface area contributed by atoms with Crippen LogP contribution < -0.4 is 15.4 Å². The van der Waals surface area contributed by atoms with Crippen molar-refractivity contribution in [3.8, 4) is 5.75 Å². The van der Waals surface area contributed by atoms with Crippen molar-refractivity contribution in [3.05, 3.63) is 40.7 Å². The van der Waals surface area contributed by atoms with E-state index in [1.165, 1.54) is 13.4 Å². The summed E-state index contributed by atoms with van der Waals surface area (Å²) in [6.45, 7) is 1.19. The Kier molecular flexibility index (Phi) is 5.24. The number of hydrogen-bond acceptors (Lipinski definition) is 8. The lowest BCUT2D eigenvalue weighted by atomic mass is 10.2. The SMILES string of the molecule is COc1ccccc1Nc1ncnc(NCC2CCCO2)c1[N+](=O)[O-]. The summed E-state index contributed by atoms with van der Waals surface area (Å²) in [6, 6.07) is 7.12. The predicted molar refractivity (Wildman–Crippen MR) is 92.4 cm³/mol. The number of para-hydroxylation sites is 2. The van der Waals surface area contributed by atoms with Crippen molar-refractivity contribution >= 4 is 23.0 Å². The lowest BCUT2D eigenvalue weighted by Crippen LogP contribution is -2.20. The molecule has 1 aromatic heterocycles. The van der Waals surface area contributed by atoms with Crippen LogP contribution in [0, 0.1) is 10.1 Å². The molecule has 0 amide bonds. The van der Waals surface area contributed by atoms with Crippen molar-refractivity contribution in [3.63, 3.8) is 0 Å². The number of nitro groups is 1. The molecule has 0 spiro atoms. The largest absolute Gasteiger partial charge is 0.495 e. The van der Waals surface area contributed by atoms with Gasteiger partial charge in [-0.2, -0.15) is 0 Å². The normalized spacial score (nSPS) is 16.4. The summed E-state index contributed by atoms with van der Waals surface area (Å²) in [6.07, 6.45) is 3.25. The summed E-state index contributed by atoms with van der Waals surface area (Å²) in [5.74, 6) is 0.816. The molecule has 1 saturated heterocycles. The predicted octanol–water partition coefficient (Wildman–Crippen LogP) is 2.73. The lowest BCUT2D eigenvalue weighted by molar-refractivity contribution is -0.383. The first-order valence-electron chi connectivity index (χ1n) is 7.94. The molecular formula is C16H19N5O4. The molecule has 25 heavy (non-hydrogen) atoms. The number of rotatable bonds is 7. The van der Waals surface area contributed by atoms with E-state index >= 15 is 0 Å². The van der Waals surface area contributed by atoms with Crippen LogP contribution in [0.15, 0.2) is 30.6 Å². The Hall–Kier alpha value is -2.94. The number of aromatic nitrogens is 2. The van der Waals surface area contributed by atoms with Crippen molar-refractivity contribution in [1.82, 2.24) is 9.97 Å². The van der Waals surface area contributed by atoms with Crippen LogP contribution in [0.2, 0.25) is 0 Å². The van der Waals surface area contributed by atoms with Gasteiger partial charge in [-0.3, -0.25) is 10.1 Å². The first-order chi connectivity index (χ1) is 12.2. The molecule has 9 heteroatoms. The zero-order valence-corrected chi connectivity index (χ0v) is 13.8. The minimum Gasteiger partial charge on any atom is -0.495 e. The first kappa shape index (κ1) is 16.9. The van der Waals surface area contributed by atoms with E-state index in [0.29, 0.717) is 18.0 Å². The monoisotopic (exact) mass is 345 g/mol. The number of anilines is 3. The average Bonchev–Trinajstić information content (AvgIpc) is 3.14. The van der Waals surface area contributed by atoms with Crippen LogP contribution >= 0.6 is 0 Å². The summed E-state index contributed by atoms with van der Waals surface area (Å²) < 4.78 is 10.8. The smallest absolute Gasteiger partial charge is 0.353 e. The molecule has 1 fully saturated rings. The summed E-state index contributed by atoms with van der Waals surface area (Å²) in [5, 5.41) is 17.5. The fourth-order valence-corrected chi connectivity index (χ4v) is 2.66. The number of nitrogens with one attached hydrogen (secondary N) is 2. The van der Waals surface area contributed by atoms with Crippen molar-refractivity contribution in [2.45, 2.75) is 18.9 Å². The van der Waals surface area contributed by atoms with Gasteiger partial charge in [0.2, 0.25) is 11.6 Å². The second-order valence-electron chi connectivity index (χ2n) is 5.52. The summed E-state index contributed by atoms with van der Waals surface area (Å²) in [5.41, 5.74) is 0.364. The third-order valence-electron chi connectivity index (χ3n) is 3.89. The summed E-state index contributed by atoms with van der Waals surface area (Å²) >= 11 is 0. The van der Waals surface area contributed by atoms with Gasteiger partial charge in [0, 0.05) is 13.2 Å². The van der Waals surface area contributed by atoms with E-state index in [-0.39, 0.29) is 23.4 Å². The quantitative estimate of drug-likeness (QED) is 0.582. The van der Waals surface area contributed by atoms with Gasteiger partial charge in [0.1, 0.15) is 12.1 Å². The molecule has 132 valence electrons. The summed E-state index contributed by atoms with van der Waals surface area (Å²) in [4.78, 5) is 19.1. The van der Waals surface area contributed by atoms with Crippen LogP contribution in [0.4, 0.5) is 23.0 Å². The minimum absolute atomic E-state index is 0.0418. The Morgan fingerprint density at radius 1 is 1.36 bits per heavy atom. The maximum Gasteiger partial charge on any atom is 0.353 e. The molecule has 0 radical (unpaired) electrons. The van der Waals surface area contributed by atoms with Gasteiger partial charge >= 0.3 is 5.69 Å². The van der Waals surface area contributed by atoms with Crippen LogP contribution in [0.3, 0.4) is 0 Å². The topological polar surface area (TPSA) is 111 Å². The second kappa shape index (κ2) is 7.75. The van der Waals surface area contributed by atoms with E-state index in [1.807, 2.05) is 6.07 Å². The Morgan fingerprint density at radius 3 is 2.88 bits per heavy atom. The molecule has 0 saturated carbocycles. The minimum atomic E-state index is -0.504. The van der Waals surface area contributed by atoms with Crippen molar-refractivity contribution < 1.29 is 14.4 Å². The molecule has 9 nitrogen and oxygen atoms in total. The fourth-order valence-electron chi connectivity index (χ4n) is 2.66. The zero-order valence-electron chi connectivity index (χ0n) is 13.8. The fraction of sp³-hybridized carbons (Fsp3) is 0.375. The molecule has 1 aliphatic rings.